The van der Waals surface area contributed by atoms with E-state index in [0.717, 1.165) is 29.9 Å². The number of hydrogen-bond acceptors (Lipinski definition) is 2. The summed E-state index contributed by atoms with van der Waals surface area (Å²) in [6.07, 6.45) is 2.11. The predicted molar refractivity (Wildman–Crippen MR) is 81.6 cm³/mol. The van der Waals surface area contributed by atoms with Gasteiger partial charge in [-0.3, -0.25) is 0 Å². The van der Waals surface area contributed by atoms with Crippen molar-refractivity contribution in [3.63, 3.8) is 0 Å². The van der Waals surface area contributed by atoms with Crippen LogP contribution < -0.4 is 10.1 Å². The van der Waals surface area contributed by atoms with Crippen LogP contribution in [0.1, 0.15) is 18.2 Å². The fourth-order valence-corrected chi connectivity index (χ4v) is 2.37. The molecule has 4 heteroatoms. The second-order valence-corrected chi connectivity index (χ2v) is 5.22. The van der Waals surface area contributed by atoms with Crippen LogP contribution in [-0.4, -0.2) is 18.2 Å². The number of aromatic nitrogens is 1. The van der Waals surface area contributed by atoms with Crippen LogP contribution in [0.3, 0.4) is 0 Å². The van der Waals surface area contributed by atoms with Gasteiger partial charge in [-0.05, 0) is 42.4 Å². The lowest BCUT2D eigenvalue weighted by atomic mass is 10.2. The SMILES string of the molecule is CCNCc1cccn1Cc1cc(OC)ccc1Br. The van der Waals surface area contributed by atoms with Crippen molar-refractivity contribution in [2.45, 2.75) is 20.0 Å². The summed E-state index contributed by atoms with van der Waals surface area (Å²) >= 11 is 3.60. The van der Waals surface area contributed by atoms with Gasteiger partial charge >= 0.3 is 0 Å². The van der Waals surface area contributed by atoms with Gasteiger partial charge in [0.15, 0.2) is 0 Å². The maximum absolute atomic E-state index is 5.28. The largest absolute Gasteiger partial charge is 0.497 e. The average Bonchev–Trinajstić information content (AvgIpc) is 2.86. The quantitative estimate of drug-likeness (QED) is 0.882. The Morgan fingerprint density at radius 3 is 2.89 bits per heavy atom. The fraction of sp³-hybridized carbons (Fsp3) is 0.333. The molecule has 0 fully saturated rings. The van der Waals surface area contributed by atoms with Gasteiger partial charge < -0.3 is 14.6 Å². The first-order valence-corrected chi connectivity index (χ1v) is 7.21. The molecule has 0 amide bonds. The standard InChI is InChI=1S/C15H19BrN2O/c1-3-17-10-13-5-4-8-18(13)11-12-9-14(19-2)6-7-15(12)16/h4-9,17H,3,10-11H2,1-2H3. The molecule has 1 N–H and O–H groups in total. The Morgan fingerprint density at radius 1 is 1.32 bits per heavy atom. The molecule has 0 aliphatic rings. The van der Waals surface area contributed by atoms with Gasteiger partial charge in [-0.1, -0.05) is 22.9 Å². The first kappa shape index (κ1) is 14.2. The van der Waals surface area contributed by atoms with E-state index in [-0.39, 0.29) is 0 Å². The third kappa shape index (κ3) is 3.61. The molecule has 2 rings (SSSR count). The minimum Gasteiger partial charge on any atom is -0.497 e. The van der Waals surface area contributed by atoms with Crippen LogP contribution in [0.5, 0.6) is 5.75 Å². The number of hydrogen-bond donors (Lipinski definition) is 1. The van der Waals surface area contributed by atoms with Crippen LogP contribution in [0.4, 0.5) is 0 Å². The molecule has 3 nitrogen and oxygen atoms in total. The highest BCUT2D eigenvalue weighted by molar-refractivity contribution is 9.10. The molecule has 2 aromatic rings. The van der Waals surface area contributed by atoms with E-state index in [2.05, 4.69) is 57.1 Å². The average molecular weight is 323 g/mol. The second-order valence-electron chi connectivity index (χ2n) is 4.37. The van der Waals surface area contributed by atoms with Gasteiger partial charge in [0.25, 0.3) is 0 Å². The topological polar surface area (TPSA) is 26.2 Å². The lowest BCUT2D eigenvalue weighted by Crippen LogP contribution is -2.15. The summed E-state index contributed by atoms with van der Waals surface area (Å²) in [7, 11) is 1.69. The third-order valence-electron chi connectivity index (χ3n) is 3.07. The van der Waals surface area contributed by atoms with Crippen molar-refractivity contribution in [3.8, 4) is 5.75 Å². The number of halogens is 1. The molecule has 0 aliphatic heterocycles. The molecule has 102 valence electrons. The van der Waals surface area contributed by atoms with Crippen LogP contribution >= 0.6 is 15.9 Å². The lowest BCUT2D eigenvalue weighted by Gasteiger charge is -2.12. The van der Waals surface area contributed by atoms with Crippen molar-refractivity contribution in [1.29, 1.82) is 0 Å². The molecule has 1 aromatic carbocycles. The normalized spacial score (nSPS) is 10.7. The number of nitrogens with one attached hydrogen (secondary N) is 1. The Kier molecular flexibility index (Phi) is 5.05. The maximum atomic E-state index is 5.28. The van der Waals surface area contributed by atoms with E-state index < -0.39 is 0 Å². The molecule has 0 spiro atoms. The highest BCUT2D eigenvalue weighted by Crippen LogP contribution is 2.23. The zero-order chi connectivity index (χ0) is 13.7. The van der Waals surface area contributed by atoms with Crippen molar-refractivity contribution < 1.29 is 4.74 Å². The summed E-state index contributed by atoms with van der Waals surface area (Å²) in [6, 6.07) is 10.3. The van der Waals surface area contributed by atoms with E-state index in [9.17, 15) is 0 Å². The summed E-state index contributed by atoms with van der Waals surface area (Å²) in [5.74, 6) is 0.888. The fourth-order valence-electron chi connectivity index (χ4n) is 2.00. The second kappa shape index (κ2) is 6.78. The Hall–Kier alpha value is -1.26. The molecule has 1 heterocycles. The van der Waals surface area contributed by atoms with Gasteiger partial charge in [0.05, 0.1) is 7.11 Å². The van der Waals surface area contributed by atoms with Gasteiger partial charge in [-0.15, -0.1) is 0 Å². The predicted octanol–water partition coefficient (Wildman–Crippen LogP) is 3.42. The molecule has 1 aromatic heterocycles. The van der Waals surface area contributed by atoms with Gasteiger partial charge in [-0.25, -0.2) is 0 Å². The van der Waals surface area contributed by atoms with Crippen molar-refractivity contribution in [2.24, 2.45) is 0 Å². The van der Waals surface area contributed by atoms with E-state index in [4.69, 9.17) is 4.74 Å². The first-order chi connectivity index (χ1) is 9.24. The van der Waals surface area contributed by atoms with Crippen molar-refractivity contribution in [2.75, 3.05) is 13.7 Å². The lowest BCUT2D eigenvalue weighted by molar-refractivity contribution is 0.414. The van der Waals surface area contributed by atoms with E-state index in [1.165, 1.54) is 11.3 Å². The summed E-state index contributed by atoms with van der Waals surface area (Å²) in [5.41, 5.74) is 2.50. The zero-order valence-electron chi connectivity index (χ0n) is 11.3. The van der Waals surface area contributed by atoms with Crippen LogP contribution in [0.2, 0.25) is 0 Å². The third-order valence-corrected chi connectivity index (χ3v) is 3.85. The zero-order valence-corrected chi connectivity index (χ0v) is 12.9. The summed E-state index contributed by atoms with van der Waals surface area (Å²) < 4.78 is 8.64. The molecular weight excluding hydrogens is 304 g/mol. The van der Waals surface area contributed by atoms with Gasteiger partial charge in [-0.2, -0.15) is 0 Å². The van der Waals surface area contributed by atoms with Crippen LogP contribution in [0.15, 0.2) is 41.0 Å². The highest BCUT2D eigenvalue weighted by Gasteiger charge is 2.06. The van der Waals surface area contributed by atoms with Crippen molar-refractivity contribution in [3.05, 3.63) is 52.3 Å². The minimum absolute atomic E-state index is 0.839. The van der Waals surface area contributed by atoms with Crippen molar-refractivity contribution >= 4 is 15.9 Å². The molecule has 19 heavy (non-hydrogen) atoms. The van der Waals surface area contributed by atoms with E-state index >= 15 is 0 Å². The van der Waals surface area contributed by atoms with Crippen LogP contribution in [-0.2, 0) is 13.1 Å². The summed E-state index contributed by atoms with van der Waals surface area (Å²) in [5, 5.41) is 3.36. The van der Waals surface area contributed by atoms with E-state index in [1.807, 2.05) is 12.1 Å². The summed E-state index contributed by atoms with van der Waals surface area (Å²) in [4.78, 5) is 0. The van der Waals surface area contributed by atoms with Gasteiger partial charge in [0, 0.05) is 29.5 Å². The number of benzene rings is 1. The molecule has 0 saturated heterocycles. The maximum Gasteiger partial charge on any atom is 0.119 e. The number of nitrogens with zero attached hydrogens (tertiary/aromatic N) is 1. The van der Waals surface area contributed by atoms with Gasteiger partial charge in [0.2, 0.25) is 0 Å². The molecule has 0 saturated carbocycles. The molecule has 0 unspecified atom stereocenters. The Bertz CT molecular complexity index is 537. The number of rotatable bonds is 6. The molecular formula is C15H19BrN2O. The van der Waals surface area contributed by atoms with Gasteiger partial charge in [0.1, 0.15) is 5.75 Å². The monoisotopic (exact) mass is 322 g/mol. The van der Waals surface area contributed by atoms with E-state index in [0.29, 0.717) is 0 Å². The Balaban J connectivity index is 2.18. The minimum atomic E-state index is 0.839. The first-order valence-electron chi connectivity index (χ1n) is 6.41. The number of methoxy groups -OCH3 is 1. The van der Waals surface area contributed by atoms with Crippen molar-refractivity contribution in [1.82, 2.24) is 9.88 Å². The number of ether oxygens (including phenoxy) is 1. The Labute approximate surface area is 122 Å². The molecule has 0 atom stereocenters. The molecule has 0 aliphatic carbocycles. The molecule has 0 radical (unpaired) electrons. The van der Waals surface area contributed by atoms with Crippen LogP contribution in [0.25, 0.3) is 0 Å². The smallest absolute Gasteiger partial charge is 0.119 e. The van der Waals surface area contributed by atoms with E-state index in [1.54, 1.807) is 7.11 Å². The highest BCUT2D eigenvalue weighted by atomic mass is 79.9. The molecule has 0 bridgehead atoms. The van der Waals surface area contributed by atoms with Crippen LogP contribution in [0, 0.1) is 0 Å². The summed E-state index contributed by atoms with van der Waals surface area (Å²) in [6.45, 7) is 4.83. The Morgan fingerprint density at radius 2 is 2.16 bits per heavy atom.